The lowest BCUT2D eigenvalue weighted by Crippen LogP contribution is -2.27. The van der Waals surface area contributed by atoms with Crippen molar-refractivity contribution in [3.63, 3.8) is 0 Å². The van der Waals surface area contributed by atoms with E-state index < -0.39 is 0 Å². The molecule has 2 heterocycles. The molecule has 0 saturated carbocycles. The van der Waals surface area contributed by atoms with Crippen molar-refractivity contribution in [1.29, 1.82) is 0 Å². The molecular formula is C39H30N2. The van der Waals surface area contributed by atoms with Gasteiger partial charge in [-0.3, -0.25) is 0 Å². The molecule has 0 radical (unpaired) electrons. The van der Waals surface area contributed by atoms with Gasteiger partial charge in [-0.2, -0.15) is 0 Å². The van der Waals surface area contributed by atoms with E-state index >= 15 is 0 Å². The quantitative estimate of drug-likeness (QED) is 0.212. The summed E-state index contributed by atoms with van der Waals surface area (Å²) >= 11 is 0. The molecule has 1 unspecified atom stereocenters. The third kappa shape index (κ3) is 3.02. The number of rotatable bonds is 2. The lowest BCUT2D eigenvalue weighted by atomic mass is 9.73. The molecule has 0 saturated heterocycles. The molecule has 2 aliphatic rings. The Balaban J connectivity index is 1.31. The van der Waals surface area contributed by atoms with Crippen LogP contribution in [0.15, 0.2) is 121 Å². The fourth-order valence-electron chi connectivity index (χ4n) is 7.88. The highest BCUT2D eigenvalue weighted by Gasteiger charge is 2.45. The van der Waals surface area contributed by atoms with Gasteiger partial charge in [0.15, 0.2) is 0 Å². The van der Waals surface area contributed by atoms with E-state index in [0.717, 1.165) is 6.42 Å². The summed E-state index contributed by atoms with van der Waals surface area (Å²) in [6, 6.07) is 44.6. The van der Waals surface area contributed by atoms with Crippen molar-refractivity contribution >= 4 is 44.4 Å². The van der Waals surface area contributed by atoms with Gasteiger partial charge in [0.05, 0.1) is 16.6 Å². The number of aromatic nitrogens is 2. The monoisotopic (exact) mass is 526 g/mol. The molecule has 7 aromatic rings. The zero-order chi connectivity index (χ0) is 27.3. The van der Waals surface area contributed by atoms with Crippen LogP contribution in [0.2, 0.25) is 0 Å². The molecule has 0 amide bonds. The highest BCUT2D eigenvalue weighted by atomic mass is 15.0. The third-order valence-electron chi connectivity index (χ3n) is 9.82. The van der Waals surface area contributed by atoms with Gasteiger partial charge in [-0.25, -0.2) is 0 Å². The second-order valence-corrected chi connectivity index (χ2v) is 12.2. The van der Waals surface area contributed by atoms with Crippen LogP contribution in [-0.4, -0.2) is 9.13 Å². The van der Waals surface area contributed by atoms with Gasteiger partial charge in [0.1, 0.15) is 0 Å². The Bertz CT molecular complexity index is 2200. The lowest BCUT2D eigenvalue weighted by molar-refractivity contribution is 0.405. The van der Waals surface area contributed by atoms with Crippen molar-refractivity contribution in [3.8, 4) is 11.4 Å². The molecule has 0 N–H and O–H groups in total. The van der Waals surface area contributed by atoms with Gasteiger partial charge in [0, 0.05) is 38.8 Å². The van der Waals surface area contributed by atoms with Crippen LogP contribution < -0.4 is 0 Å². The predicted molar refractivity (Wildman–Crippen MR) is 172 cm³/mol. The zero-order valence-electron chi connectivity index (χ0n) is 23.3. The summed E-state index contributed by atoms with van der Waals surface area (Å²) < 4.78 is 4.94. The molecule has 196 valence electrons. The first-order valence-corrected chi connectivity index (χ1v) is 14.6. The summed E-state index contributed by atoms with van der Waals surface area (Å²) in [5, 5.41) is 3.91. The number of benzene rings is 5. The molecular weight excluding hydrogens is 496 g/mol. The molecule has 0 aliphatic heterocycles. The van der Waals surface area contributed by atoms with Crippen molar-refractivity contribution in [1.82, 2.24) is 9.13 Å². The Hall–Kier alpha value is -4.82. The van der Waals surface area contributed by atoms with E-state index in [0.29, 0.717) is 5.92 Å². The van der Waals surface area contributed by atoms with Gasteiger partial charge < -0.3 is 9.13 Å². The number of hydrogen-bond acceptors (Lipinski definition) is 0. The second kappa shape index (κ2) is 8.11. The Labute approximate surface area is 239 Å². The standard InChI is InChI=1S/C39H30N2/c1-39(2)33-17-9-6-14-27(33)30-23-32-29-16-8-11-19-36(29)41(38(32)24-34(30)39)26-20-21-37-31(22-26)28-15-7-10-18-35(28)40(37)25-12-4-3-5-13-25/h3-23,34H,24H2,1-2H3. The fourth-order valence-corrected chi connectivity index (χ4v) is 7.88. The van der Waals surface area contributed by atoms with Gasteiger partial charge in [0.25, 0.3) is 0 Å². The molecule has 5 aromatic carbocycles. The van der Waals surface area contributed by atoms with Crippen LogP contribution in [0.3, 0.4) is 0 Å². The van der Waals surface area contributed by atoms with E-state index in [1.807, 2.05) is 0 Å². The van der Waals surface area contributed by atoms with Gasteiger partial charge in [-0.15, -0.1) is 0 Å². The Morgan fingerprint density at radius 3 is 2.07 bits per heavy atom. The summed E-state index contributed by atoms with van der Waals surface area (Å²) in [6.07, 6.45) is 3.54. The third-order valence-corrected chi connectivity index (χ3v) is 9.82. The van der Waals surface area contributed by atoms with Gasteiger partial charge in [-0.1, -0.05) is 92.7 Å². The Morgan fingerprint density at radius 2 is 1.24 bits per heavy atom. The maximum atomic E-state index is 2.55. The molecule has 2 aromatic heterocycles. The minimum absolute atomic E-state index is 0.0917. The molecule has 0 fully saturated rings. The average molecular weight is 527 g/mol. The van der Waals surface area contributed by atoms with Crippen LogP contribution in [0.5, 0.6) is 0 Å². The highest BCUT2D eigenvalue weighted by Crippen LogP contribution is 2.55. The first kappa shape index (κ1) is 22.9. The van der Waals surface area contributed by atoms with Crippen LogP contribution in [0.25, 0.3) is 55.7 Å². The van der Waals surface area contributed by atoms with E-state index in [1.54, 1.807) is 0 Å². The molecule has 1 atom stereocenters. The number of para-hydroxylation sites is 3. The largest absolute Gasteiger partial charge is 0.313 e. The van der Waals surface area contributed by atoms with Crippen molar-refractivity contribution in [2.75, 3.05) is 0 Å². The summed E-state index contributed by atoms with van der Waals surface area (Å²) in [4.78, 5) is 0. The normalized spacial score (nSPS) is 17.0. The SMILES string of the molecule is CC1(C)c2ccccc2C2=Cc3c(n(-c4ccc5c(c4)c4ccccc4n5-c4ccccc4)c4ccccc34)CC21. The van der Waals surface area contributed by atoms with E-state index in [9.17, 15) is 0 Å². The van der Waals surface area contributed by atoms with E-state index in [-0.39, 0.29) is 5.41 Å². The molecule has 2 nitrogen and oxygen atoms in total. The first-order chi connectivity index (χ1) is 20.1. The average Bonchev–Trinajstić information content (AvgIpc) is 3.60. The van der Waals surface area contributed by atoms with Gasteiger partial charge in [-0.05, 0) is 83.0 Å². The number of hydrogen-bond donors (Lipinski definition) is 0. The maximum Gasteiger partial charge on any atom is 0.0542 e. The summed E-state index contributed by atoms with van der Waals surface area (Å²) in [7, 11) is 0. The molecule has 2 aliphatic carbocycles. The van der Waals surface area contributed by atoms with E-state index in [1.165, 1.54) is 72.0 Å². The number of nitrogens with zero attached hydrogens (tertiary/aromatic N) is 2. The van der Waals surface area contributed by atoms with Gasteiger partial charge in [0.2, 0.25) is 0 Å². The van der Waals surface area contributed by atoms with Crippen LogP contribution in [0.4, 0.5) is 0 Å². The zero-order valence-corrected chi connectivity index (χ0v) is 23.3. The molecule has 2 heteroatoms. The lowest BCUT2D eigenvalue weighted by Gasteiger charge is -2.31. The molecule has 0 spiro atoms. The highest BCUT2D eigenvalue weighted by molar-refractivity contribution is 6.10. The van der Waals surface area contributed by atoms with E-state index in [2.05, 4.69) is 150 Å². The Morgan fingerprint density at radius 1 is 0.585 bits per heavy atom. The van der Waals surface area contributed by atoms with Crippen LogP contribution in [0.1, 0.15) is 36.2 Å². The van der Waals surface area contributed by atoms with Crippen LogP contribution in [-0.2, 0) is 11.8 Å². The number of fused-ring (bicyclic) bond motifs is 9. The molecule has 9 rings (SSSR count). The van der Waals surface area contributed by atoms with Crippen molar-refractivity contribution in [2.45, 2.75) is 25.7 Å². The Kier molecular flexibility index (Phi) is 4.54. The van der Waals surface area contributed by atoms with Crippen LogP contribution in [0, 0.1) is 5.92 Å². The first-order valence-electron chi connectivity index (χ1n) is 14.6. The molecule has 41 heavy (non-hydrogen) atoms. The second-order valence-electron chi connectivity index (χ2n) is 12.2. The molecule has 0 bridgehead atoms. The minimum Gasteiger partial charge on any atom is -0.313 e. The van der Waals surface area contributed by atoms with E-state index in [4.69, 9.17) is 0 Å². The summed E-state index contributed by atoms with van der Waals surface area (Å²) in [5.41, 5.74) is 13.5. The van der Waals surface area contributed by atoms with Gasteiger partial charge >= 0.3 is 0 Å². The van der Waals surface area contributed by atoms with Crippen molar-refractivity contribution < 1.29 is 0 Å². The smallest absolute Gasteiger partial charge is 0.0542 e. The minimum atomic E-state index is 0.0917. The van der Waals surface area contributed by atoms with Crippen LogP contribution >= 0.6 is 0 Å². The summed E-state index contributed by atoms with van der Waals surface area (Å²) in [5.74, 6) is 0.458. The summed E-state index contributed by atoms with van der Waals surface area (Å²) in [6.45, 7) is 4.86. The number of allylic oxidation sites excluding steroid dienone is 1. The maximum absolute atomic E-state index is 2.55. The van der Waals surface area contributed by atoms with Crippen molar-refractivity contribution in [2.24, 2.45) is 5.92 Å². The van der Waals surface area contributed by atoms with Crippen molar-refractivity contribution in [3.05, 3.63) is 144 Å². The fraction of sp³-hybridized carbons (Fsp3) is 0.128. The topological polar surface area (TPSA) is 9.86 Å². The predicted octanol–water partition coefficient (Wildman–Crippen LogP) is 9.73.